The maximum Gasteiger partial charge on any atom is 0.217 e. The molecule has 1 aromatic heterocycles. The first-order valence-electron chi connectivity index (χ1n) is 12.1. The maximum atomic E-state index is 12.3. The summed E-state index contributed by atoms with van der Waals surface area (Å²) < 4.78 is 25.9. The Kier molecular flexibility index (Phi) is 13.7. The van der Waals surface area contributed by atoms with Gasteiger partial charge in [0.2, 0.25) is 5.88 Å². The Labute approximate surface area is 188 Å². The van der Waals surface area contributed by atoms with Crippen molar-refractivity contribution in [1.29, 1.82) is 0 Å². The van der Waals surface area contributed by atoms with E-state index in [0.717, 1.165) is 50.3 Å². The molecule has 0 aliphatic heterocycles. The summed E-state index contributed by atoms with van der Waals surface area (Å²) >= 11 is 0. The molecule has 1 aromatic rings. The van der Waals surface area contributed by atoms with Gasteiger partial charge in [0.05, 0.1) is 12.4 Å². The van der Waals surface area contributed by atoms with Crippen molar-refractivity contribution in [3.63, 3.8) is 0 Å². The van der Waals surface area contributed by atoms with Gasteiger partial charge in [0.25, 0.3) is 0 Å². The van der Waals surface area contributed by atoms with E-state index in [1.165, 1.54) is 49.5 Å². The fourth-order valence-corrected chi connectivity index (χ4v) is 4.91. The lowest BCUT2D eigenvalue weighted by molar-refractivity contribution is 0.319. The third kappa shape index (κ3) is 9.69. The Morgan fingerprint density at radius 1 is 0.903 bits per heavy atom. The molecule has 0 aliphatic carbocycles. The van der Waals surface area contributed by atoms with Crippen LogP contribution >= 0.6 is 0 Å². The number of unbranched alkanes of at least 4 members (excludes halogenated alkanes) is 11. The third-order valence-electron chi connectivity index (χ3n) is 5.63. The van der Waals surface area contributed by atoms with E-state index in [0.29, 0.717) is 6.42 Å². The molecule has 0 unspecified atom stereocenters. The molecule has 0 saturated heterocycles. The van der Waals surface area contributed by atoms with Gasteiger partial charge >= 0.3 is 0 Å². The number of aromatic nitrogens is 1. The minimum Gasteiger partial charge on any atom is -0.494 e. The number of rotatable bonds is 18. The molecule has 0 radical (unpaired) electrons. The highest BCUT2D eigenvalue weighted by Crippen LogP contribution is 2.36. The first-order valence-corrected chi connectivity index (χ1v) is 13.7. The lowest BCUT2D eigenvalue weighted by atomic mass is 10.1. The molecule has 1 rings (SSSR count). The molecule has 0 aliphatic rings. The Balaban J connectivity index is 2.91. The molecule has 0 spiro atoms. The first-order chi connectivity index (χ1) is 14.9. The Bertz CT molecular complexity index is 752. The summed E-state index contributed by atoms with van der Waals surface area (Å²) in [6.07, 6.45) is 17.4. The zero-order chi connectivity index (χ0) is 23.1. The van der Waals surface area contributed by atoms with Crippen molar-refractivity contribution in [1.82, 2.24) is 4.57 Å². The van der Waals surface area contributed by atoms with Crippen molar-refractivity contribution in [3.05, 3.63) is 12.1 Å². The second-order valence-electron chi connectivity index (χ2n) is 8.34. The second kappa shape index (κ2) is 15.4. The highest BCUT2D eigenvalue weighted by Gasteiger charge is 2.26. The van der Waals surface area contributed by atoms with Crippen LogP contribution in [0.4, 0.5) is 0 Å². The van der Waals surface area contributed by atoms with Gasteiger partial charge < -0.3 is 15.3 Å². The topological polar surface area (TPSA) is 99.8 Å². The van der Waals surface area contributed by atoms with Gasteiger partial charge in [-0.15, -0.1) is 0 Å². The van der Waals surface area contributed by atoms with E-state index in [4.69, 9.17) is 5.11 Å². The third-order valence-corrected chi connectivity index (χ3v) is 7.32. The summed E-state index contributed by atoms with van der Waals surface area (Å²) in [7, 11) is -3.86. The van der Waals surface area contributed by atoms with Crippen molar-refractivity contribution in [3.8, 4) is 11.8 Å². The van der Waals surface area contributed by atoms with Crippen LogP contribution in [0, 0.1) is 0 Å². The van der Waals surface area contributed by atoms with E-state index in [1.807, 2.05) is 6.08 Å². The summed E-state index contributed by atoms with van der Waals surface area (Å²) in [6, 6.07) is 1.08. The fourth-order valence-electron chi connectivity index (χ4n) is 3.79. The van der Waals surface area contributed by atoms with Gasteiger partial charge in [0.15, 0.2) is 15.7 Å². The van der Waals surface area contributed by atoms with Crippen LogP contribution in [0.5, 0.6) is 11.8 Å². The Hall–Kier alpha value is -1.47. The van der Waals surface area contributed by atoms with Crippen LogP contribution < -0.4 is 0 Å². The standard InChI is InChI=1S/C24H43NO5S/c1-3-5-7-9-11-13-15-17-21(16-14-12-10-8-6-4-2)25-23(27)20-22(24(25)28)31(29,30)19-18-26/h17,20,26-28H,3-16,18-19H2,1-2H3. The van der Waals surface area contributed by atoms with Crippen molar-refractivity contribution in [2.45, 2.75) is 109 Å². The summed E-state index contributed by atoms with van der Waals surface area (Å²) in [5, 5.41) is 30.1. The van der Waals surface area contributed by atoms with Gasteiger partial charge in [0.1, 0.15) is 4.90 Å². The van der Waals surface area contributed by atoms with E-state index in [9.17, 15) is 18.6 Å². The van der Waals surface area contributed by atoms with E-state index in [1.54, 1.807) is 0 Å². The first kappa shape index (κ1) is 27.6. The predicted molar refractivity (Wildman–Crippen MR) is 127 cm³/mol. The molecule has 6 nitrogen and oxygen atoms in total. The SMILES string of the molecule is CCCCCCCCC=C(CCCCCCCC)n1c(O)cc(S(=O)(=O)CCO)c1O. The number of aliphatic hydroxyl groups is 1. The van der Waals surface area contributed by atoms with Crippen LogP contribution in [0.15, 0.2) is 17.0 Å². The molecule has 3 N–H and O–H groups in total. The van der Waals surface area contributed by atoms with Crippen LogP contribution in [-0.4, -0.2) is 40.7 Å². The predicted octanol–water partition coefficient (Wildman–Crippen LogP) is 6.01. The van der Waals surface area contributed by atoms with Gasteiger partial charge in [-0.1, -0.05) is 84.1 Å². The largest absolute Gasteiger partial charge is 0.494 e. The van der Waals surface area contributed by atoms with E-state index < -0.39 is 28.1 Å². The smallest absolute Gasteiger partial charge is 0.217 e. The van der Waals surface area contributed by atoms with Gasteiger partial charge in [-0.3, -0.25) is 4.57 Å². The monoisotopic (exact) mass is 457 g/mol. The van der Waals surface area contributed by atoms with Crippen molar-refractivity contribution >= 4 is 15.5 Å². The Morgan fingerprint density at radius 3 is 2.03 bits per heavy atom. The summed E-state index contributed by atoms with van der Waals surface area (Å²) in [5.41, 5.74) is 0.740. The molecule has 0 fully saturated rings. The molecular formula is C24H43NO5S. The molecule has 0 aromatic carbocycles. The molecular weight excluding hydrogens is 414 g/mol. The van der Waals surface area contributed by atoms with Crippen LogP contribution in [-0.2, 0) is 9.84 Å². The zero-order valence-corrected chi connectivity index (χ0v) is 20.3. The lowest BCUT2D eigenvalue weighted by Crippen LogP contribution is -2.09. The number of sulfone groups is 1. The number of aliphatic hydroxyl groups excluding tert-OH is 1. The average Bonchev–Trinajstić information content (AvgIpc) is 3.03. The summed E-state index contributed by atoms with van der Waals surface area (Å²) in [5.74, 6) is -1.24. The minimum atomic E-state index is -3.86. The maximum absolute atomic E-state index is 12.3. The number of aromatic hydroxyl groups is 2. The van der Waals surface area contributed by atoms with Gasteiger partial charge in [-0.25, -0.2) is 8.42 Å². The number of hydrogen-bond acceptors (Lipinski definition) is 5. The van der Waals surface area contributed by atoms with Crippen LogP contribution in [0.25, 0.3) is 5.70 Å². The molecule has 180 valence electrons. The van der Waals surface area contributed by atoms with Crippen molar-refractivity contribution in [2.75, 3.05) is 12.4 Å². The highest BCUT2D eigenvalue weighted by atomic mass is 32.2. The number of hydrogen-bond donors (Lipinski definition) is 3. The van der Waals surface area contributed by atoms with Crippen LogP contribution in [0.3, 0.4) is 0 Å². The normalized spacial score (nSPS) is 12.5. The molecule has 1 heterocycles. The van der Waals surface area contributed by atoms with E-state index in [2.05, 4.69) is 13.8 Å². The van der Waals surface area contributed by atoms with Crippen LogP contribution in [0.2, 0.25) is 0 Å². The number of allylic oxidation sites excluding steroid dienone is 2. The quantitative estimate of drug-likeness (QED) is 0.234. The van der Waals surface area contributed by atoms with Gasteiger partial charge in [0, 0.05) is 11.8 Å². The fraction of sp³-hybridized carbons (Fsp3) is 0.750. The Morgan fingerprint density at radius 2 is 1.45 bits per heavy atom. The molecule has 0 atom stereocenters. The molecule has 0 amide bonds. The van der Waals surface area contributed by atoms with Crippen molar-refractivity contribution in [2.24, 2.45) is 0 Å². The van der Waals surface area contributed by atoms with E-state index in [-0.39, 0.29) is 10.8 Å². The average molecular weight is 458 g/mol. The summed E-state index contributed by atoms with van der Waals surface area (Å²) in [6.45, 7) is 3.84. The second-order valence-corrected chi connectivity index (χ2v) is 10.4. The lowest BCUT2D eigenvalue weighted by Gasteiger charge is -2.13. The molecule has 0 bridgehead atoms. The summed E-state index contributed by atoms with van der Waals surface area (Å²) in [4.78, 5) is -0.326. The molecule has 31 heavy (non-hydrogen) atoms. The van der Waals surface area contributed by atoms with E-state index >= 15 is 0 Å². The van der Waals surface area contributed by atoms with Gasteiger partial charge in [-0.05, 0) is 25.7 Å². The highest BCUT2D eigenvalue weighted by molar-refractivity contribution is 7.91. The molecule has 0 saturated carbocycles. The van der Waals surface area contributed by atoms with Crippen LogP contribution in [0.1, 0.15) is 104 Å². The molecule has 7 heteroatoms. The van der Waals surface area contributed by atoms with Gasteiger partial charge in [-0.2, -0.15) is 0 Å². The van der Waals surface area contributed by atoms with Crippen molar-refractivity contribution < 1.29 is 23.7 Å². The number of nitrogens with zero attached hydrogens (tertiary/aromatic N) is 1. The zero-order valence-electron chi connectivity index (χ0n) is 19.5. The minimum absolute atomic E-state index is 0.283.